The largest absolute Gasteiger partial charge is 0.468 e. The average Bonchev–Trinajstić information content (AvgIpc) is 3.03. The van der Waals surface area contributed by atoms with Crippen molar-refractivity contribution in [2.24, 2.45) is 0 Å². The number of carbonyl (C=O) groups excluding carboxylic acids is 1. The second kappa shape index (κ2) is 5.88. The van der Waals surface area contributed by atoms with Crippen molar-refractivity contribution in [1.82, 2.24) is 10.4 Å². The Labute approximate surface area is 128 Å². The molecule has 22 heavy (non-hydrogen) atoms. The molecule has 2 aromatic rings. The number of rotatable bonds is 2. The van der Waals surface area contributed by atoms with Crippen LogP contribution in [0.3, 0.4) is 0 Å². The van der Waals surface area contributed by atoms with Crippen molar-refractivity contribution >= 4 is 11.5 Å². The number of nitrogens with zero attached hydrogens (tertiary/aromatic N) is 2. The highest BCUT2D eigenvalue weighted by molar-refractivity contribution is 6.06. The van der Waals surface area contributed by atoms with Crippen molar-refractivity contribution in [3.8, 4) is 6.07 Å². The predicted molar refractivity (Wildman–Crippen MR) is 80.9 cm³/mol. The number of hydrogen-bond acceptors (Lipinski definition) is 5. The van der Waals surface area contributed by atoms with E-state index in [1.165, 1.54) is 0 Å². The third-order valence-corrected chi connectivity index (χ3v) is 3.71. The summed E-state index contributed by atoms with van der Waals surface area (Å²) in [5.74, 6) is 0.495. The molecule has 1 aromatic heterocycles. The van der Waals surface area contributed by atoms with Gasteiger partial charge in [-0.15, -0.1) is 0 Å². The van der Waals surface area contributed by atoms with E-state index >= 15 is 0 Å². The van der Waals surface area contributed by atoms with Gasteiger partial charge in [0.15, 0.2) is 5.78 Å². The number of hydrazine groups is 1. The van der Waals surface area contributed by atoms with Gasteiger partial charge in [0.1, 0.15) is 17.4 Å². The van der Waals surface area contributed by atoms with Gasteiger partial charge >= 0.3 is 0 Å². The summed E-state index contributed by atoms with van der Waals surface area (Å²) >= 11 is 0. The summed E-state index contributed by atoms with van der Waals surface area (Å²) in [5, 5.41) is 11.2. The van der Waals surface area contributed by atoms with Gasteiger partial charge in [-0.3, -0.25) is 4.79 Å². The van der Waals surface area contributed by atoms with Gasteiger partial charge in [-0.1, -0.05) is 30.3 Å². The average molecular weight is 293 g/mol. The Morgan fingerprint density at radius 2 is 2.05 bits per heavy atom. The quantitative estimate of drug-likeness (QED) is 0.922. The Kier molecular flexibility index (Phi) is 3.77. The van der Waals surface area contributed by atoms with Crippen LogP contribution >= 0.6 is 0 Å². The second-order valence-corrected chi connectivity index (χ2v) is 5.11. The number of carbonyl (C=O) groups is 1. The fraction of sp³-hybridized carbons (Fsp3) is 0.176. The molecule has 5 heteroatoms. The Morgan fingerprint density at radius 1 is 1.27 bits per heavy atom. The minimum atomic E-state index is -0.257. The van der Waals surface area contributed by atoms with Gasteiger partial charge < -0.3 is 9.84 Å². The van der Waals surface area contributed by atoms with E-state index in [9.17, 15) is 10.1 Å². The van der Waals surface area contributed by atoms with Gasteiger partial charge in [-0.05, 0) is 12.1 Å². The summed E-state index contributed by atoms with van der Waals surface area (Å²) in [7, 11) is 1.84. The Balaban J connectivity index is 2.03. The first kappa shape index (κ1) is 14.1. The van der Waals surface area contributed by atoms with Crippen LogP contribution in [0.1, 0.15) is 23.8 Å². The molecule has 1 aromatic carbocycles. The highest BCUT2D eigenvalue weighted by Gasteiger charge is 2.31. The zero-order valence-corrected chi connectivity index (χ0v) is 12.1. The lowest BCUT2D eigenvalue weighted by atomic mass is 10.00. The number of nitrogens with one attached hydrogen (secondary N) is 1. The third kappa shape index (κ3) is 2.52. The molecule has 3 rings (SSSR count). The van der Waals surface area contributed by atoms with E-state index in [4.69, 9.17) is 4.42 Å². The second-order valence-electron chi connectivity index (χ2n) is 5.11. The molecule has 0 radical (unpaired) electrons. The van der Waals surface area contributed by atoms with Crippen molar-refractivity contribution in [1.29, 1.82) is 5.26 Å². The molecule has 1 atom stereocenters. The van der Waals surface area contributed by atoms with Crippen LogP contribution in [0.4, 0.5) is 0 Å². The molecule has 0 saturated heterocycles. The lowest BCUT2D eigenvalue weighted by molar-refractivity contribution is -0.116. The third-order valence-electron chi connectivity index (χ3n) is 3.71. The van der Waals surface area contributed by atoms with Gasteiger partial charge in [0.05, 0.1) is 18.0 Å². The highest BCUT2D eigenvalue weighted by Crippen LogP contribution is 2.30. The molecule has 5 nitrogen and oxygen atoms in total. The first-order valence-corrected chi connectivity index (χ1v) is 6.96. The number of benzene rings is 1. The normalized spacial score (nSPS) is 19.5. The van der Waals surface area contributed by atoms with Crippen LogP contribution < -0.4 is 5.43 Å². The molecule has 1 aliphatic rings. The van der Waals surface area contributed by atoms with Crippen LogP contribution in [0.2, 0.25) is 0 Å². The lowest BCUT2D eigenvalue weighted by Crippen LogP contribution is -2.35. The molecule has 0 unspecified atom stereocenters. The van der Waals surface area contributed by atoms with Gasteiger partial charge in [0.25, 0.3) is 0 Å². The van der Waals surface area contributed by atoms with Crippen LogP contribution in [-0.2, 0) is 4.79 Å². The lowest BCUT2D eigenvalue weighted by Gasteiger charge is -2.26. The number of Topliss-reactive ketones (excluding diaryl/α,β-unsaturated/α-hetero) is 1. The molecule has 0 spiro atoms. The minimum absolute atomic E-state index is 0.145. The molecule has 0 saturated carbocycles. The Bertz CT molecular complexity index is 742. The van der Waals surface area contributed by atoms with Crippen molar-refractivity contribution < 1.29 is 9.21 Å². The summed E-state index contributed by atoms with van der Waals surface area (Å²) in [6.07, 6.45) is 1.77. The maximum atomic E-state index is 12.5. The fourth-order valence-electron chi connectivity index (χ4n) is 2.57. The van der Waals surface area contributed by atoms with Crippen LogP contribution in [0.25, 0.3) is 5.70 Å². The summed E-state index contributed by atoms with van der Waals surface area (Å²) in [6.45, 7) is 0. The maximum absolute atomic E-state index is 12.5. The molecule has 110 valence electrons. The fourth-order valence-corrected chi connectivity index (χ4v) is 2.57. The highest BCUT2D eigenvalue weighted by atomic mass is 16.3. The van der Waals surface area contributed by atoms with E-state index in [0.717, 1.165) is 5.56 Å². The molecule has 2 heterocycles. The molecule has 0 aliphatic carbocycles. The van der Waals surface area contributed by atoms with Gasteiger partial charge in [0.2, 0.25) is 0 Å². The molecule has 0 amide bonds. The van der Waals surface area contributed by atoms with Crippen molar-refractivity contribution in [2.75, 3.05) is 7.05 Å². The zero-order valence-electron chi connectivity index (χ0n) is 12.1. The van der Waals surface area contributed by atoms with Gasteiger partial charge in [-0.2, -0.15) is 5.26 Å². The van der Waals surface area contributed by atoms with E-state index in [1.807, 2.05) is 54.5 Å². The van der Waals surface area contributed by atoms with E-state index in [2.05, 4.69) is 5.43 Å². The SMILES string of the molecule is CN1NC(c2ccccc2)=C(C#N)C(=O)C[C@H]1c1ccco1. The summed E-state index contributed by atoms with van der Waals surface area (Å²) in [5.41, 5.74) is 4.66. The van der Waals surface area contributed by atoms with Crippen LogP contribution in [0, 0.1) is 11.3 Å². The molecular weight excluding hydrogens is 278 g/mol. The number of nitriles is 1. The Morgan fingerprint density at radius 3 is 2.68 bits per heavy atom. The molecule has 1 N–H and O–H groups in total. The number of furan rings is 1. The van der Waals surface area contributed by atoms with Gasteiger partial charge in [0, 0.05) is 19.0 Å². The maximum Gasteiger partial charge on any atom is 0.177 e. The summed E-state index contributed by atoms with van der Waals surface area (Å²) < 4.78 is 5.42. The summed E-state index contributed by atoms with van der Waals surface area (Å²) in [6, 6.07) is 14.8. The van der Waals surface area contributed by atoms with E-state index in [1.54, 1.807) is 12.3 Å². The van der Waals surface area contributed by atoms with Crippen LogP contribution in [-0.4, -0.2) is 17.8 Å². The van der Waals surface area contributed by atoms with Crippen molar-refractivity contribution in [2.45, 2.75) is 12.5 Å². The topological polar surface area (TPSA) is 69.3 Å². The minimum Gasteiger partial charge on any atom is -0.468 e. The monoisotopic (exact) mass is 293 g/mol. The van der Waals surface area contributed by atoms with Crippen LogP contribution in [0.15, 0.2) is 58.7 Å². The molecule has 1 aliphatic heterocycles. The van der Waals surface area contributed by atoms with E-state index in [-0.39, 0.29) is 23.8 Å². The molecule has 0 bridgehead atoms. The number of allylic oxidation sites excluding steroid dienone is 1. The number of ketones is 1. The number of hydrogen-bond donors (Lipinski definition) is 1. The predicted octanol–water partition coefficient (Wildman–Crippen LogP) is 2.66. The van der Waals surface area contributed by atoms with E-state index < -0.39 is 0 Å². The summed E-state index contributed by atoms with van der Waals surface area (Å²) in [4.78, 5) is 12.5. The van der Waals surface area contributed by atoms with Crippen LogP contribution in [0.5, 0.6) is 0 Å². The van der Waals surface area contributed by atoms with Crippen molar-refractivity contribution in [3.63, 3.8) is 0 Å². The van der Waals surface area contributed by atoms with Crippen molar-refractivity contribution in [3.05, 3.63) is 65.6 Å². The molecule has 0 fully saturated rings. The first-order valence-electron chi connectivity index (χ1n) is 6.96. The first-order chi connectivity index (χ1) is 10.7. The zero-order chi connectivity index (χ0) is 15.5. The van der Waals surface area contributed by atoms with E-state index in [0.29, 0.717) is 11.5 Å². The standard InChI is InChI=1S/C17H15N3O2/c1-20-14(16-8-5-9-22-16)10-15(21)13(11-18)17(19-20)12-6-3-2-4-7-12/h2-9,14,19H,10H2,1H3/t14-/m0/s1. The molecular formula is C17H15N3O2. The van der Waals surface area contributed by atoms with Gasteiger partial charge in [-0.25, -0.2) is 5.01 Å². The smallest absolute Gasteiger partial charge is 0.177 e. The Hall–Kier alpha value is -2.84.